The molecule has 28 heavy (non-hydrogen) atoms. The van der Waals surface area contributed by atoms with Crippen LogP contribution in [0.2, 0.25) is 0 Å². The maximum atomic E-state index is 14.7. The summed E-state index contributed by atoms with van der Waals surface area (Å²) in [5.74, 6) is 0.636. The monoisotopic (exact) mass is 380 g/mol. The van der Waals surface area contributed by atoms with Crippen LogP contribution in [-0.2, 0) is 6.42 Å². The van der Waals surface area contributed by atoms with Crippen molar-refractivity contribution in [1.82, 2.24) is 9.88 Å². The van der Waals surface area contributed by atoms with E-state index in [-0.39, 0.29) is 12.1 Å². The number of alkyl halides is 1. The largest absolute Gasteiger partial charge is 0.478 e. The van der Waals surface area contributed by atoms with Gasteiger partial charge in [0.15, 0.2) is 0 Å². The summed E-state index contributed by atoms with van der Waals surface area (Å²) in [6, 6.07) is 13.0. The SMILES string of the molecule is CCOc1ccc([C@@H]2C3=C(C[C@@H](C)N2CC(C)(C)F)c2ccccc2C3)cn1. The van der Waals surface area contributed by atoms with Gasteiger partial charge in [0.1, 0.15) is 5.67 Å². The number of hydrogen-bond donors (Lipinski definition) is 0. The first kappa shape index (κ1) is 19.1. The number of fused-ring (bicyclic) bond motifs is 2. The fourth-order valence-corrected chi connectivity index (χ4v) is 4.68. The third-order valence-corrected chi connectivity index (χ3v) is 5.76. The maximum absolute atomic E-state index is 14.7. The van der Waals surface area contributed by atoms with Crippen LogP contribution in [0.25, 0.3) is 5.57 Å². The Morgan fingerprint density at radius 2 is 2.00 bits per heavy atom. The average molecular weight is 381 g/mol. The van der Waals surface area contributed by atoms with Crippen molar-refractivity contribution in [2.24, 2.45) is 0 Å². The number of ether oxygens (including phenoxy) is 1. The fourth-order valence-electron chi connectivity index (χ4n) is 4.68. The number of rotatable bonds is 5. The van der Waals surface area contributed by atoms with Gasteiger partial charge in [-0.3, -0.25) is 4.90 Å². The Bertz CT molecular complexity index is 882. The molecule has 1 aliphatic heterocycles. The summed E-state index contributed by atoms with van der Waals surface area (Å²) in [4.78, 5) is 6.82. The predicted octanol–water partition coefficient (Wildman–Crippen LogP) is 5.37. The van der Waals surface area contributed by atoms with Crippen LogP contribution in [0.4, 0.5) is 4.39 Å². The second kappa shape index (κ2) is 7.32. The Kier molecular flexibility index (Phi) is 5.00. The van der Waals surface area contributed by atoms with E-state index in [0.717, 1.165) is 18.4 Å². The molecule has 0 radical (unpaired) electrons. The Labute approximate surface area is 167 Å². The van der Waals surface area contributed by atoms with E-state index in [9.17, 15) is 4.39 Å². The molecule has 1 aliphatic carbocycles. The molecule has 148 valence electrons. The number of aromatic nitrogens is 1. The minimum Gasteiger partial charge on any atom is -0.478 e. The first-order chi connectivity index (χ1) is 13.4. The van der Waals surface area contributed by atoms with Crippen LogP contribution in [-0.4, -0.2) is 34.7 Å². The molecular formula is C24H29FN2O. The van der Waals surface area contributed by atoms with Crippen molar-refractivity contribution < 1.29 is 9.13 Å². The summed E-state index contributed by atoms with van der Waals surface area (Å²) in [5.41, 5.74) is 5.44. The van der Waals surface area contributed by atoms with Gasteiger partial charge in [0.25, 0.3) is 0 Å². The molecule has 0 saturated heterocycles. The van der Waals surface area contributed by atoms with Crippen molar-refractivity contribution in [2.45, 2.75) is 58.3 Å². The van der Waals surface area contributed by atoms with Gasteiger partial charge >= 0.3 is 0 Å². The Morgan fingerprint density at radius 1 is 1.21 bits per heavy atom. The van der Waals surface area contributed by atoms with Gasteiger partial charge in [0.05, 0.1) is 12.6 Å². The molecule has 1 aromatic carbocycles. The van der Waals surface area contributed by atoms with Gasteiger partial charge in [0.2, 0.25) is 5.88 Å². The molecule has 0 amide bonds. The van der Waals surface area contributed by atoms with Gasteiger partial charge in [-0.25, -0.2) is 9.37 Å². The Hall–Kier alpha value is -2.20. The van der Waals surface area contributed by atoms with Crippen LogP contribution >= 0.6 is 0 Å². The summed E-state index contributed by atoms with van der Waals surface area (Å²) >= 11 is 0. The van der Waals surface area contributed by atoms with Gasteiger partial charge in [-0.15, -0.1) is 0 Å². The third kappa shape index (κ3) is 3.58. The van der Waals surface area contributed by atoms with Gasteiger partial charge in [-0.05, 0) is 68.4 Å². The van der Waals surface area contributed by atoms with Gasteiger partial charge in [0, 0.05) is 24.8 Å². The summed E-state index contributed by atoms with van der Waals surface area (Å²) in [5, 5.41) is 0. The molecule has 2 heterocycles. The van der Waals surface area contributed by atoms with E-state index in [1.165, 1.54) is 22.3 Å². The lowest BCUT2D eigenvalue weighted by atomic mass is 9.85. The zero-order valence-electron chi connectivity index (χ0n) is 17.2. The normalized spacial score (nSPS) is 22.2. The molecule has 0 N–H and O–H groups in total. The zero-order chi connectivity index (χ0) is 19.9. The molecule has 2 aromatic rings. The van der Waals surface area contributed by atoms with Crippen molar-refractivity contribution in [3.05, 3.63) is 64.9 Å². The van der Waals surface area contributed by atoms with Crippen molar-refractivity contribution in [1.29, 1.82) is 0 Å². The number of hydrogen-bond acceptors (Lipinski definition) is 3. The Morgan fingerprint density at radius 3 is 2.68 bits per heavy atom. The lowest BCUT2D eigenvalue weighted by Gasteiger charge is -2.44. The lowest BCUT2D eigenvalue weighted by molar-refractivity contribution is 0.0700. The number of halogens is 1. The van der Waals surface area contributed by atoms with E-state index >= 15 is 0 Å². The molecule has 0 spiro atoms. The topological polar surface area (TPSA) is 25.4 Å². The van der Waals surface area contributed by atoms with Crippen LogP contribution in [0, 0.1) is 0 Å². The molecule has 0 unspecified atom stereocenters. The molecule has 0 saturated carbocycles. The van der Waals surface area contributed by atoms with E-state index in [1.54, 1.807) is 13.8 Å². The highest BCUT2D eigenvalue weighted by atomic mass is 19.1. The molecule has 0 bridgehead atoms. The number of benzene rings is 1. The first-order valence-corrected chi connectivity index (χ1v) is 10.2. The summed E-state index contributed by atoms with van der Waals surface area (Å²) in [7, 11) is 0. The highest BCUT2D eigenvalue weighted by Gasteiger charge is 2.40. The van der Waals surface area contributed by atoms with Crippen LogP contribution in [0.15, 0.2) is 48.2 Å². The quantitative estimate of drug-likeness (QED) is 0.697. The predicted molar refractivity (Wildman–Crippen MR) is 111 cm³/mol. The molecule has 3 nitrogen and oxygen atoms in total. The van der Waals surface area contributed by atoms with Crippen LogP contribution in [0.5, 0.6) is 5.88 Å². The lowest BCUT2D eigenvalue weighted by Crippen LogP contribution is -2.46. The highest BCUT2D eigenvalue weighted by Crippen LogP contribution is 2.49. The second-order valence-electron chi connectivity index (χ2n) is 8.55. The van der Waals surface area contributed by atoms with E-state index in [0.29, 0.717) is 19.0 Å². The van der Waals surface area contributed by atoms with E-state index in [2.05, 4.69) is 47.1 Å². The maximum Gasteiger partial charge on any atom is 0.213 e. The smallest absolute Gasteiger partial charge is 0.213 e. The van der Waals surface area contributed by atoms with Crippen molar-refractivity contribution >= 4 is 5.57 Å². The first-order valence-electron chi connectivity index (χ1n) is 10.2. The third-order valence-electron chi connectivity index (χ3n) is 5.76. The average Bonchev–Trinajstić information content (AvgIpc) is 3.00. The molecule has 2 aliphatic rings. The molecule has 0 fully saturated rings. The summed E-state index contributed by atoms with van der Waals surface area (Å²) < 4.78 is 20.2. The molecular weight excluding hydrogens is 351 g/mol. The minimum atomic E-state index is -1.26. The molecule has 2 atom stereocenters. The second-order valence-corrected chi connectivity index (χ2v) is 8.55. The van der Waals surface area contributed by atoms with Crippen LogP contribution in [0.1, 0.15) is 56.8 Å². The van der Waals surface area contributed by atoms with E-state index in [4.69, 9.17) is 4.74 Å². The van der Waals surface area contributed by atoms with Crippen LogP contribution < -0.4 is 4.74 Å². The molecule has 4 rings (SSSR count). The minimum absolute atomic E-state index is 0.0457. The van der Waals surface area contributed by atoms with Crippen molar-refractivity contribution in [2.75, 3.05) is 13.2 Å². The highest BCUT2D eigenvalue weighted by molar-refractivity contribution is 5.78. The van der Waals surface area contributed by atoms with E-state index < -0.39 is 5.67 Å². The fraction of sp³-hybridized carbons (Fsp3) is 0.458. The van der Waals surface area contributed by atoms with Crippen molar-refractivity contribution in [3.8, 4) is 5.88 Å². The Balaban J connectivity index is 1.78. The van der Waals surface area contributed by atoms with Crippen LogP contribution in [0.3, 0.4) is 0 Å². The van der Waals surface area contributed by atoms with Crippen molar-refractivity contribution in [3.63, 3.8) is 0 Å². The van der Waals surface area contributed by atoms with Gasteiger partial charge in [-0.2, -0.15) is 0 Å². The number of nitrogens with zero attached hydrogens (tertiary/aromatic N) is 2. The standard InChI is InChI=1S/C24H29FN2O/c1-5-28-22-11-10-18(14-26-22)23-21-13-17-8-6-7-9-19(17)20(21)12-16(2)27(23)15-24(3,4)25/h6-11,14,16,23H,5,12-13,15H2,1-4H3/t16-,23-/m1/s1. The van der Waals surface area contributed by atoms with Gasteiger partial charge in [-0.1, -0.05) is 30.3 Å². The van der Waals surface area contributed by atoms with Gasteiger partial charge < -0.3 is 4.74 Å². The molecule has 1 aromatic heterocycles. The number of pyridine rings is 1. The zero-order valence-corrected chi connectivity index (χ0v) is 17.2. The summed E-state index contributed by atoms with van der Waals surface area (Å²) in [6.07, 6.45) is 3.79. The molecule has 4 heteroatoms. The van der Waals surface area contributed by atoms with E-state index in [1.807, 2.05) is 19.2 Å². The summed E-state index contributed by atoms with van der Waals surface area (Å²) in [6.45, 7) is 8.50.